The highest BCUT2D eigenvalue weighted by molar-refractivity contribution is 5.63. The van der Waals surface area contributed by atoms with Gasteiger partial charge in [0.25, 0.3) is 0 Å². The lowest BCUT2D eigenvalue weighted by Crippen LogP contribution is -2.21. The second kappa shape index (κ2) is 9.03. The molecule has 1 aromatic heterocycles. The third-order valence-corrected chi connectivity index (χ3v) is 4.57. The summed E-state index contributed by atoms with van der Waals surface area (Å²) in [5.41, 5.74) is 4.52. The summed E-state index contributed by atoms with van der Waals surface area (Å²) in [5, 5.41) is 6.67. The molecule has 2 N–H and O–H groups in total. The minimum Gasteiger partial charge on any atom is -0.372 e. The summed E-state index contributed by atoms with van der Waals surface area (Å²) in [6.07, 6.45) is 2.72. The molecule has 0 saturated carbocycles. The van der Waals surface area contributed by atoms with Crippen LogP contribution in [0.5, 0.6) is 0 Å². The standard InChI is InChI=1S/C22H27N5/c1-4-17-9-7-8-10-20(17)25-22-23-16-15-21(26-22)24-18-11-13-19(14-12-18)27(5-2)6-3/h7-16H,4-6H2,1-3H3,(H2,23,24,25,26). The highest BCUT2D eigenvalue weighted by Crippen LogP contribution is 2.22. The molecule has 2 aromatic carbocycles. The zero-order chi connectivity index (χ0) is 19.1. The number of hydrogen-bond acceptors (Lipinski definition) is 5. The molecule has 140 valence electrons. The van der Waals surface area contributed by atoms with Crippen molar-refractivity contribution >= 4 is 28.8 Å². The van der Waals surface area contributed by atoms with Crippen LogP contribution < -0.4 is 15.5 Å². The Balaban J connectivity index is 1.72. The number of para-hydroxylation sites is 1. The van der Waals surface area contributed by atoms with Crippen LogP contribution in [0.25, 0.3) is 0 Å². The minimum absolute atomic E-state index is 0.584. The lowest BCUT2D eigenvalue weighted by molar-refractivity contribution is 0.866. The molecule has 1 heterocycles. The van der Waals surface area contributed by atoms with E-state index < -0.39 is 0 Å². The molecule has 3 aromatic rings. The van der Waals surface area contributed by atoms with Gasteiger partial charge in [-0.25, -0.2) is 4.98 Å². The van der Waals surface area contributed by atoms with Crippen LogP contribution in [0.3, 0.4) is 0 Å². The Morgan fingerprint density at radius 1 is 0.852 bits per heavy atom. The average Bonchev–Trinajstić information content (AvgIpc) is 2.71. The van der Waals surface area contributed by atoms with Crippen LogP contribution in [-0.2, 0) is 6.42 Å². The van der Waals surface area contributed by atoms with E-state index in [0.29, 0.717) is 5.95 Å². The number of aromatic nitrogens is 2. The van der Waals surface area contributed by atoms with E-state index in [1.54, 1.807) is 6.20 Å². The van der Waals surface area contributed by atoms with E-state index in [1.165, 1.54) is 11.3 Å². The fourth-order valence-electron chi connectivity index (χ4n) is 3.05. The normalized spacial score (nSPS) is 10.5. The van der Waals surface area contributed by atoms with E-state index >= 15 is 0 Å². The van der Waals surface area contributed by atoms with Crippen molar-refractivity contribution in [3.8, 4) is 0 Å². The van der Waals surface area contributed by atoms with Crippen molar-refractivity contribution in [3.05, 3.63) is 66.4 Å². The van der Waals surface area contributed by atoms with Gasteiger partial charge in [-0.1, -0.05) is 25.1 Å². The van der Waals surface area contributed by atoms with E-state index in [2.05, 4.69) is 76.6 Å². The van der Waals surface area contributed by atoms with Gasteiger partial charge in [0.1, 0.15) is 5.82 Å². The third kappa shape index (κ3) is 4.76. The predicted octanol–water partition coefficient (Wildman–Crippen LogP) is 5.37. The molecule has 0 atom stereocenters. The van der Waals surface area contributed by atoms with Gasteiger partial charge in [0.15, 0.2) is 0 Å². The average molecular weight is 361 g/mol. The van der Waals surface area contributed by atoms with Crippen LogP contribution in [0.1, 0.15) is 26.3 Å². The summed E-state index contributed by atoms with van der Waals surface area (Å²) in [5.74, 6) is 1.35. The first kappa shape index (κ1) is 18.7. The molecule has 0 fully saturated rings. The van der Waals surface area contributed by atoms with Crippen LogP contribution in [0.15, 0.2) is 60.8 Å². The molecular weight excluding hydrogens is 334 g/mol. The lowest BCUT2D eigenvalue weighted by atomic mass is 10.1. The lowest BCUT2D eigenvalue weighted by Gasteiger charge is -2.21. The van der Waals surface area contributed by atoms with Gasteiger partial charge in [-0.15, -0.1) is 0 Å². The van der Waals surface area contributed by atoms with Crippen molar-refractivity contribution in [1.82, 2.24) is 9.97 Å². The van der Waals surface area contributed by atoms with Crippen LogP contribution in [-0.4, -0.2) is 23.1 Å². The van der Waals surface area contributed by atoms with E-state index in [1.807, 2.05) is 24.3 Å². The van der Waals surface area contributed by atoms with Gasteiger partial charge in [-0.2, -0.15) is 4.98 Å². The molecule has 0 radical (unpaired) electrons. The Kier molecular flexibility index (Phi) is 6.26. The maximum absolute atomic E-state index is 4.58. The largest absolute Gasteiger partial charge is 0.372 e. The third-order valence-electron chi connectivity index (χ3n) is 4.57. The highest BCUT2D eigenvalue weighted by Gasteiger charge is 2.05. The first-order valence-electron chi connectivity index (χ1n) is 9.53. The van der Waals surface area contributed by atoms with Gasteiger partial charge in [-0.05, 0) is 62.2 Å². The van der Waals surface area contributed by atoms with Crippen LogP contribution in [0.2, 0.25) is 0 Å². The molecular formula is C22H27N5. The molecule has 0 aliphatic rings. The van der Waals surface area contributed by atoms with Gasteiger partial charge in [0.05, 0.1) is 0 Å². The zero-order valence-electron chi connectivity index (χ0n) is 16.2. The van der Waals surface area contributed by atoms with Crippen molar-refractivity contribution in [2.24, 2.45) is 0 Å². The smallest absolute Gasteiger partial charge is 0.229 e. The second-order valence-electron chi connectivity index (χ2n) is 6.25. The first-order chi connectivity index (χ1) is 13.2. The maximum Gasteiger partial charge on any atom is 0.229 e. The summed E-state index contributed by atoms with van der Waals surface area (Å²) in [6, 6.07) is 18.5. The SMILES string of the molecule is CCc1ccccc1Nc1nccc(Nc2ccc(N(CC)CC)cc2)n1. The molecule has 5 heteroatoms. The number of nitrogens with one attached hydrogen (secondary N) is 2. The quantitative estimate of drug-likeness (QED) is 0.565. The maximum atomic E-state index is 4.58. The summed E-state index contributed by atoms with van der Waals surface area (Å²) in [7, 11) is 0. The van der Waals surface area contributed by atoms with Crippen molar-refractivity contribution < 1.29 is 0 Å². The highest BCUT2D eigenvalue weighted by atomic mass is 15.1. The number of benzene rings is 2. The summed E-state index contributed by atoms with van der Waals surface area (Å²) in [4.78, 5) is 11.2. The number of hydrogen-bond donors (Lipinski definition) is 2. The number of aryl methyl sites for hydroxylation is 1. The van der Waals surface area contributed by atoms with Crippen molar-refractivity contribution in [2.75, 3.05) is 28.6 Å². The minimum atomic E-state index is 0.584. The van der Waals surface area contributed by atoms with Crippen LogP contribution in [0.4, 0.5) is 28.8 Å². The zero-order valence-corrected chi connectivity index (χ0v) is 16.2. The molecule has 0 saturated heterocycles. The molecule has 0 amide bonds. The van der Waals surface area contributed by atoms with Gasteiger partial charge in [-0.3, -0.25) is 0 Å². The van der Waals surface area contributed by atoms with Crippen LogP contribution >= 0.6 is 0 Å². The number of anilines is 5. The first-order valence-corrected chi connectivity index (χ1v) is 9.53. The van der Waals surface area contributed by atoms with Crippen molar-refractivity contribution in [2.45, 2.75) is 27.2 Å². The van der Waals surface area contributed by atoms with Crippen LogP contribution in [0, 0.1) is 0 Å². The van der Waals surface area contributed by atoms with Gasteiger partial charge >= 0.3 is 0 Å². The molecule has 0 aliphatic carbocycles. The van der Waals surface area contributed by atoms with Crippen molar-refractivity contribution in [1.29, 1.82) is 0 Å². The Morgan fingerprint density at radius 2 is 1.59 bits per heavy atom. The Labute approximate surface area is 161 Å². The van der Waals surface area contributed by atoms with Crippen molar-refractivity contribution in [3.63, 3.8) is 0 Å². The molecule has 0 unspecified atom stereocenters. The number of rotatable bonds is 8. The monoisotopic (exact) mass is 361 g/mol. The number of nitrogens with zero attached hydrogens (tertiary/aromatic N) is 3. The second-order valence-corrected chi connectivity index (χ2v) is 6.25. The predicted molar refractivity (Wildman–Crippen MR) is 114 cm³/mol. The summed E-state index contributed by atoms with van der Waals surface area (Å²) in [6.45, 7) is 8.48. The van der Waals surface area contributed by atoms with E-state index in [-0.39, 0.29) is 0 Å². The Bertz CT molecular complexity index is 857. The topological polar surface area (TPSA) is 53.1 Å². The molecule has 5 nitrogen and oxygen atoms in total. The Hall–Kier alpha value is -3.08. The summed E-state index contributed by atoms with van der Waals surface area (Å²) >= 11 is 0. The fraction of sp³-hybridized carbons (Fsp3) is 0.273. The van der Waals surface area contributed by atoms with E-state index in [0.717, 1.165) is 36.7 Å². The van der Waals surface area contributed by atoms with Gasteiger partial charge in [0, 0.05) is 36.3 Å². The molecule has 0 bridgehead atoms. The molecule has 0 spiro atoms. The van der Waals surface area contributed by atoms with Gasteiger partial charge < -0.3 is 15.5 Å². The summed E-state index contributed by atoms with van der Waals surface area (Å²) < 4.78 is 0. The van der Waals surface area contributed by atoms with E-state index in [9.17, 15) is 0 Å². The van der Waals surface area contributed by atoms with Gasteiger partial charge in [0.2, 0.25) is 5.95 Å². The molecule has 27 heavy (non-hydrogen) atoms. The Morgan fingerprint density at radius 3 is 2.30 bits per heavy atom. The molecule has 3 rings (SSSR count). The fourth-order valence-corrected chi connectivity index (χ4v) is 3.05. The molecule has 0 aliphatic heterocycles. The van der Waals surface area contributed by atoms with E-state index in [4.69, 9.17) is 0 Å².